The Morgan fingerprint density at radius 3 is 2.80 bits per heavy atom. The van der Waals surface area contributed by atoms with Gasteiger partial charge in [0.25, 0.3) is 5.91 Å². The second-order valence-corrected chi connectivity index (χ2v) is 8.46. The van der Waals surface area contributed by atoms with Crippen molar-refractivity contribution in [2.75, 3.05) is 31.1 Å². The summed E-state index contributed by atoms with van der Waals surface area (Å²) in [5.41, 5.74) is 2.88. The van der Waals surface area contributed by atoms with Gasteiger partial charge in [0.1, 0.15) is 12.4 Å². The largest absolute Gasteiger partial charge is 0.363 e. The molecule has 156 valence electrons. The first-order valence-electron chi connectivity index (χ1n) is 10.6. The Kier molecular flexibility index (Phi) is 5.05. The topological polar surface area (TPSA) is 48.6 Å². The van der Waals surface area contributed by atoms with Crippen LogP contribution >= 0.6 is 0 Å². The zero-order chi connectivity index (χ0) is 20.6. The minimum atomic E-state index is -0.333. The number of benzene rings is 2. The van der Waals surface area contributed by atoms with Gasteiger partial charge in [0.2, 0.25) is 0 Å². The van der Waals surface area contributed by atoms with Crippen LogP contribution in [0.2, 0.25) is 0 Å². The fraction of sp³-hybridized carbons (Fsp3) is 0.375. The van der Waals surface area contributed by atoms with Crippen LogP contribution < -0.4 is 4.90 Å². The van der Waals surface area contributed by atoms with E-state index in [2.05, 4.69) is 34.1 Å². The average molecular weight is 407 g/mol. The summed E-state index contributed by atoms with van der Waals surface area (Å²) in [7, 11) is 0. The van der Waals surface area contributed by atoms with E-state index in [1.165, 1.54) is 28.6 Å². The number of nitrogens with zero attached hydrogens (tertiary/aromatic N) is 2. The maximum Gasteiger partial charge on any atom is 0.253 e. The molecule has 5 rings (SSSR count). The van der Waals surface area contributed by atoms with Crippen LogP contribution in [0.15, 0.2) is 54.7 Å². The summed E-state index contributed by atoms with van der Waals surface area (Å²) in [5.74, 6) is -0.357. The monoisotopic (exact) mass is 407 g/mol. The molecule has 1 atom stereocenters. The predicted octanol–water partition coefficient (Wildman–Crippen LogP) is 4.10. The number of ether oxygens (including phenoxy) is 1. The zero-order valence-electron chi connectivity index (χ0n) is 16.9. The van der Waals surface area contributed by atoms with Crippen LogP contribution in [-0.4, -0.2) is 47.6 Å². The van der Waals surface area contributed by atoms with Gasteiger partial charge in [-0.2, -0.15) is 0 Å². The van der Waals surface area contributed by atoms with Crippen LogP contribution in [0.1, 0.15) is 24.8 Å². The molecule has 0 radical (unpaired) electrons. The standard InChI is InChI=1S/C24H26FN3O2/c25-20-4-6-21(7-5-20)28-17-24(30-16-23(28)29)9-1-12-27(13-10-24)15-18-2-3-19-8-11-26-22(19)14-18/h2-8,11,14,26H,1,9-10,12-13,15-17H2. The van der Waals surface area contributed by atoms with Crippen molar-refractivity contribution in [1.82, 2.24) is 9.88 Å². The van der Waals surface area contributed by atoms with Crippen molar-refractivity contribution in [1.29, 1.82) is 0 Å². The number of carbonyl (C=O) groups excluding carboxylic acids is 1. The molecule has 1 amide bonds. The quantitative estimate of drug-likeness (QED) is 0.711. The fourth-order valence-corrected chi connectivity index (χ4v) is 4.71. The summed E-state index contributed by atoms with van der Waals surface area (Å²) < 4.78 is 19.4. The minimum absolute atomic E-state index is 0.0624. The van der Waals surface area contributed by atoms with Crippen LogP contribution in [0.3, 0.4) is 0 Å². The number of halogens is 1. The van der Waals surface area contributed by atoms with E-state index in [1.54, 1.807) is 17.0 Å². The van der Waals surface area contributed by atoms with E-state index >= 15 is 0 Å². The molecule has 30 heavy (non-hydrogen) atoms. The lowest BCUT2D eigenvalue weighted by Gasteiger charge is -2.42. The van der Waals surface area contributed by atoms with Gasteiger partial charge in [-0.1, -0.05) is 12.1 Å². The second-order valence-electron chi connectivity index (χ2n) is 8.46. The van der Waals surface area contributed by atoms with Gasteiger partial charge >= 0.3 is 0 Å². The number of carbonyl (C=O) groups is 1. The van der Waals surface area contributed by atoms with E-state index in [1.807, 2.05) is 6.20 Å². The molecule has 2 aliphatic rings. The Bertz CT molecular complexity index is 1050. The molecule has 0 bridgehead atoms. The van der Waals surface area contributed by atoms with Gasteiger partial charge in [-0.25, -0.2) is 4.39 Å². The lowest BCUT2D eigenvalue weighted by atomic mass is 9.92. The Hall–Kier alpha value is -2.70. The molecular formula is C24H26FN3O2. The van der Waals surface area contributed by atoms with Crippen LogP contribution in [-0.2, 0) is 16.1 Å². The number of likely N-dealkylation sites (tertiary alicyclic amines) is 1. The third kappa shape index (κ3) is 3.85. The number of anilines is 1. The van der Waals surface area contributed by atoms with Crippen LogP contribution in [0, 0.1) is 5.82 Å². The number of rotatable bonds is 3. The highest BCUT2D eigenvalue weighted by atomic mass is 19.1. The van der Waals surface area contributed by atoms with Crippen molar-refractivity contribution in [3.05, 3.63) is 66.1 Å². The normalized spacial score (nSPS) is 23.2. The van der Waals surface area contributed by atoms with Gasteiger partial charge in [-0.05, 0) is 73.2 Å². The van der Waals surface area contributed by atoms with Crippen molar-refractivity contribution in [3.8, 4) is 0 Å². The second kappa shape index (κ2) is 7.85. The molecule has 1 N–H and O–H groups in total. The molecule has 5 nitrogen and oxygen atoms in total. The molecule has 3 aromatic rings. The number of fused-ring (bicyclic) bond motifs is 1. The molecule has 2 saturated heterocycles. The number of amides is 1. The van der Waals surface area contributed by atoms with Crippen molar-refractivity contribution in [2.24, 2.45) is 0 Å². The van der Waals surface area contributed by atoms with Gasteiger partial charge in [-0.3, -0.25) is 9.69 Å². The van der Waals surface area contributed by atoms with Gasteiger partial charge in [-0.15, -0.1) is 0 Å². The zero-order valence-corrected chi connectivity index (χ0v) is 16.9. The molecule has 1 spiro atoms. The Balaban J connectivity index is 1.28. The van der Waals surface area contributed by atoms with Crippen molar-refractivity contribution in [3.63, 3.8) is 0 Å². The molecule has 2 fully saturated rings. The molecule has 0 saturated carbocycles. The van der Waals surface area contributed by atoms with E-state index in [4.69, 9.17) is 4.74 Å². The number of aromatic nitrogens is 1. The summed E-state index contributed by atoms with van der Waals surface area (Å²) in [6.45, 7) is 3.46. The predicted molar refractivity (Wildman–Crippen MR) is 115 cm³/mol. The highest BCUT2D eigenvalue weighted by Crippen LogP contribution is 2.33. The average Bonchev–Trinajstić information content (AvgIpc) is 3.14. The Morgan fingerprint density at radius 1 is 1.07 bits per heavy atom. The molecule has 2 aliphatic heterocycles. The molecular weight excluding hydrogens is 381 g/mol. The molecule has 3 heterocycles. The van der Waals surface area contributed by atoms with Crippen molar-refractivity contribution in [2.45, 2.75) is 31.4 Å². The number of aromatic amines is 1. The number of hydrogen-bond acceptors (Lipinski definition) is 3. The lowest BCUT2D eigenvalue weighted by Crippen LogP contribution is -2.55. The maximum atomic E-state index is 13.3. The van der Waals surface area contributed by atoms with E-state index in [0.717, 1.165) is 44.6 Å². The fourth-order valence-electron chi connectivity index (χ4n) is 4.71. The smallest absolute Gasteiger partial charge is 0.253 e. The number of morpholine rings is 1. The summed E-state index contributed by atoms with van der Waals surface area (Å²) in [6, 6.07) is 14.8. The van der Waals surface area contributed by atoms with Gasteiger partial charge in [0, 0.05) is 30.5 Å². The maximum absolute atomic E-state index is 13.3. The van der Waals surface area contributed by atoms with Crippen molar-refractivity contribution >= 4 is 22.5 Å². The van der Waals surface area contributed by atoms with Crippen molar-refractivity contribution < 1.29 is 13.9 Å². The number of hydrogen-bond donors (Lipinski definition) is 1. The molecule has 2 aromatic carbocycles. The van der Waals surface area contributed by atoms with E-state index in [9.17, 15) is 9.18 Å². The first-order chi connectivity index (χ1) is 14.6. The van der Waals surface area contributed by atoms with E-state index < -0.39 is 0 Å². The summed E-state index contributed by atoms with van der Waals surface area (Å²) in [6.07, 6.45) is 4.79. The number of H-pyrrole nitrogens is 1. The molecule has 0 aliphatic carbocycles. The van der Waals surface area contributed by atoms with Crippen LogP contribution in [0.25, 0.3) is 10.9 Å². The van der Waals surface area contributed by atoms with Crippen LogP contribution in [0.4, 0.5) is 10.1 Å². The van der Waals surface area contributed by atoms with Gasteiger partial charge in [0.05, 0.1) is 12.1 Å². The SMILES string of the molecule is O=C1COC2(CCCN(Cc3ccc4cc[nH]c4c3)CC2)CN1c1ccc(F)cc1. The van der Waals surface area contributed by atoms with E-state index in [0.29, 0.717) is 6.54 Å². The Morgan fingerprint density at radius 2 is 1.93 bits per heavy atom. The Labute approximate surface area is 175 Å². The summed E-state index contributed by atoms with van der Waals surface area (Å²) in [5, 5.41) is 1.23. The summed E-state index contributed by atoms with van der Waals surface area (Å²) >= 11 is 0. The van der Waals surface area contributed by atoms with Gasteiger partial charge < -0.3 is 14.6 Å². The summed E-state index contributed by atoms with van der Waals surface area (Å²) in [4.78, 5) is 20.0. The molecule has 6 heteroatoms. The highest BCUT2D eigenvalue weighted by molar-refractivity contribution is 5.95. The molecule has 1 unspecified atom stereocenters. The minimum Gasteiger partial charge on any atom is -0.363 e. The first-order valence-corrected chi connectivity index (χ1v) is 10.6. The third-order valence-electron chi connectivity index (χ3n) is 6.40. The molecule has 1 aromatic heterocycles. The number of nitrogens with one attached hydrogen (secondary N) is 1. The van der Waals surface area contributed by atoms with Gasteiger partial charge in [0.15, 0.2) is 0 Å². The first kappa shape index (κ1) is 19.3. The third-order valence-corrected chi connectivity index (χ3v) is 6.40. The lowest BCUT2D eigenvalue weighted by molar-refractivity contribution is -0.140. The van der Waals surface area contributed by atoms with Crippen LogP contribution in [0.5, 0.6) is 0 Å². The van der Waals surface area contributed by atoms with E-state index in [-0.39, 0.29) is 23.9 Å². The highest BCUT2D eigenvalue weighted by Gasteiger charge is 2.41.